The summed E-state index contributed by atoms with van der Waals surface area (Å²) in [6.07, 6.45) is -1.01. The fraction of sp³-hybridized carbons (Fsp3) is 0.485. The molecular formula is C33H34F4N8O4. The fourth-order valence-electron chi connectivity index (χ4n) is 6.34. The fourth-order valence-corrected chi connectivity index (χ4v) is 6.34. The summed E-state index contributed by atoms with van der Waals surface area (Å²) in [7, 11) is 1.57. The maximum absolute atomic E-state index is 15.0. The van der Waals surface area contributed by atoms with E-state index in [0.717, 1.165) is 50.0 Å². The molecule has 49 heavy (non-hydrogen) atoms. The molecule has 1 aliphatic carbocycles. The molecule has 5 heterocycles. The van der Waals surface area contributed by atoms with Crippen LogP contribution in [0.4, 0.5) is 35.0 Å². The number of piperazine rings is 1. The number of pyridine rings is 1. The minimum Gasteiger partial charge on any atom is -0.483 e. The Labute approximate surface area is 279 Å². The smallest absolute Gasteiger partial charge is 0.301 e. The molecule has 0 spiro atoms. The lowest BCUT2D eigenvalue weighted by molar-refractivity contribution is -0.162. The molecule has 7 rings (SSSR count). The second-order valence-electron chi connectivity index (χ2n) is 12.6. The van der Waals surface area contributed by atoms with Crippen LogP contribution in [0, 0.1) is 17.2 Å². The van der Waals surface area contributed by atoms with Crippen LogP contribution in [-0.2, 0) is 9.53 Å². The normalized spacial score (nSPS) is 23.3. The molecular weight excluding hydrogens is 648 g/mol. The van der Waals surface area contributed by atoms with Gasteiger partial charge in [-0.05, 0) is 36.4 Å². The van der Waals surface area contributed by atoms with Gasteiger partial charge in [-0.1, -0.05) is 0 Å². The van der Waals surface area contributed by atoms with Crippen molar-refractivity contribution in [1.82, 2.24) is 24.8 Å². The molecule has 2 aromatic heterocycles. The molecule has 1 saturated carbocycles. The maximum Gasteiger partial charge on any atom is 0.301 e. The van der Waals surface area contributed by atoms with E-state index in [1.807, 2.05) is 18.2 Å². The highest BCUT2D eigenvalue weighted by Crippen LogP contribution is 2.50. The van der Waals surface area contributed by atoms with Crippen LogP contribution in [0.2, 0.25) is 0 Å². The number of hydrogen-bond acceptors (Lipinski definition) is 11. The first kappa shape index (κ1) is 32.8. The number of methoxy groups -OCH3 is 1. The zero-order valence-electron chi connectivity index (χ0n) is 26.6. The van der Waals surface area contributed by atoms with E-state index in [-0.39, 0.29) is 30.2 Å². The second-order valence-corrected chi connectivity index (χ2v) is 12.6. The minimum atomic E-state index is -3.51. The van der Waals surface area contributed by atoms with Gasteiger partial charge in [0.2, 0.25) is 17.7 Å². The van der Waals surface area contributed by atoms with Crippen LogP contribution in [0.25, 0.3) is 11.3 Å². The average molecular weight is 683 g/mol. The van der Waals surface area contributed by atoms with Crippen molar-refractivity contribution in [2.24, 2.45) is 5.92 Å². The molecule has 0 bridgehead atoms. The number of piperidine rings is 1. The number of halogens is 4. The highest BCUT2D eigenvalue weighted by Gasteiger charge is 2.63. The van der Waals surface area contributed by atoms with Gasteiger partial charge >= 0.3 is 5.92 Å². The lowest BCUT2D eigenvalue weighted by Crippen LogP contribution is -2.56. The van der Waals surface area contributed by atoms with E-state index in [1.54, 1.807) is 19.2 Å². The van der Waals surface area contributed by atoms with Crippen LogP contribution in [0.5, 0.6) is 11.6 Å². The molecule has 4 aliphatic rings. The Balaban J connectivity index is 1.00. The largest absolute Gasteiger partial charge is 0.483 e. The van der Waals surface area contributed by atoms with Gasteiger partial charge in [-0.15, -0.1) is 0 Å². The summed E-state index contributed by atoms with van der Waals surface area (Å²) in [5.41, 5.74) is 1.85. The molecule has 4 fully saturated rings. The number of carbonyl (C=O) groups excluding carboxylic acids is 1. The van der Waals surface area contributed by atoms with Crippen LogP contribution in [-0.4, -0.2) is 114 Å². The number of alkyl halides is 4. The number of likely N-dealkylation sites (tertiary alicyclic amines) is 1. The first-order valence-corrected chi connectivity index (χ1v) is 16.0. The predicted octanol–water partition coefficient (Wildman–Crippen LogP) is 3.95. The number of anilines is 3. The monoisotopic (exact) mass is 682 g/mol. The Kier molecular flexibility index (Phi) is 8.65. The van der Waals surface area contributed by atoms with Gasteiger partial charge < -0.3 is 29.3 Å². The molecule has 16 heteroatoms. The Hall–Kier alpha value is -4.75. The first-order chi connectivity index (χ1) is 23.5. The third-order valence-electron chi connectivity index (χ3n) is 9.36. The molecule has 3 saturated heterocycles. The van der Waals surface area contributed by atoms with E-state index < -0.39 is 42.7 Å². The Morgan fingerprint density at radius 2 is 1.82 bits per heavy atom. The van der Waals surface area contributed by atoms with Gasteiger partial charge in [-0.2, -0.15) is 10.2 Å². The van der Waals surface area contributed by atoms with Crippen molar-refractivity contribution >= 4 is 23.4 Å². The zero-order valence-corrected chi connectivity index (χ0v) is 26.6. The maximum atomic E-state index is 15.0. The predicted molar refractivity (Wildman–Crippen MR) is 168 cm³/mol. The van der Waals surface area contributed by atoms with Crippen molar-refractivity contribution in [3.63, 3.8) is 0 Å². The van der Waals surface area contributed by atoms with E-state index in [9.17, 15) is 18.8 Å². The molecule has 1 aromatic carbocycles. The van der Waals surface area contributed by atoms with E-state index in [2.05, 4.69) is 30.1 Å². The molecule has 0 radical (unpaired) electrons. The number of nitriles is 1. The Bertz CT molecular complexity index is 1760. The number of amides is 1. The number of aromatic nitrogens is 3. The van der Waals surface area contributed by atoms with Crippen LogP contribution < -0.4 is 19.7 Å². The summed E-state index contributed by atoms with van der Waals surface area (Å²) in [6, 6.07) is 12.3. The van der Waals surface area contributed by atoms with E-state index >= 15 is 8.78 Å². The van der Waals surface area contributed by atoms with Crippen molar-refractivity contribution in [1.29, 1.82) is 5.26 Å². The minimum absolute atomic E-state index is 0.00129. The lowest BCUT2D eigenvalue weighted by atomic mass is 10.0. The number of carbonyl (C=O) groups is 1. The molecule has 258 valence electrons. The van der Waals surface area contributed by atoms with Crippen molar-refractivity contribution in [3.8, 4) is 29.0 Å². The van der Waals surface area contributed by atoms with Crippen LogP contribution >= 0.6 is 0 Å². The number of nitrogens with zero attached hydrogens (tertiary/aromatic N) is 7. The average Bonchev–Trinajstić information content (AvgIpc) is 3.72. The molecule has 2 unspecified atom stereocenters. The highest BCUT2D eigenvalue weighted by molar-refractivity contribution is 5.83. The third kappa shape index (κ3) is 6.77. The van der Waals surface area contributed by atoms with Gasteiger partial charge in [0.05, 0.1) is 44.2 Å². The Morgan fingerprint density at radius 1 is 1.04 bits per heavy atom. The number of nitrogens with one attached hydrogen (secondary N) is 1. The van der Waals surface area contributed by atoms with Gasteiger partial charge in [-0.3, -0.25) is 9.69 Å². The number of ether oxygens (including phenoxy) is 3. The van der Waals surface area contributed by atoms with Gasteiger partial charge in [-0.25, -0.2) is 27.5 Å². The molecule has 3 aliphatic heterocycles. The first-order valence-electron chi connectivity index (χ1n) is 16.0. The van der Waals surface area contributed by atoms with Crippen LogP contribution in [0.1, 0.15) is 18.4 Å². The second kappa shape index (κ2) is 12.9. The summed E-state index contributed by atoms with van der Waals surface area (Å²) in [5.74, 6) is -8.06. The van der Waals surface area contributed by atoms with E-state index in [1.165, 1.54) is 18.3 Å². The Morgan fingerprint density at radius 3 is 2.47 bits per heavy atom. The number of rotatable bonds is 9. The van der Waals surface area contributed by atoms with Crippen LogP contribution in [0.3, 0.4) is 0 Å². The summed E-state index contributed by atoms with van der Waals surface area (Å²) in [5, 5.41) is 12.9. The summed E-state index contributed by atoms with van der Waals surface area (Å²) in [6.45, 7) is 3.93. The standard InChI is InChI=1S/C33H34F4N8O4/c1-47-29-25(44-12-10-43(11-13-44)22-17-48-18-22)3-5-28(41-29)42-31-39-8-6-24(40-31)20-2-4-26(21(14-20)16-38)49-27-7-9-45(19-33(27,36)37)30(46)23-15-32(23,34)35/h2-6,8,14,22-23,27H,7,9-13,15,17-19H2,1H3,(H,39,40,41,42). The third-order valence-corrected chi connectivity index (χ3v) is 9.36. The zero-order chi connectivity index (χ0) is 34.3. The highest BCUT2D eigenvalue weighted by atomic mass is 19.3. The molecule has 2 atom stereocenters. The van der Waals surface area contributed by atoms with Gasteiger partial charge in [0, 0.05) is 57.3 Å². The van der Waals surface area contributed by atoms with Crippen molar-refractivity contribution < 1.29 is 36.6 Å². The SMILES string of the molecule is COc1nc(Nc2nccc(-c3ccc(OC4CCN(C(=O)C5CC5(F)F)CC4(F)F)c(C#N)c3)n2)ccc1N1CCN(C2COC2)CC1. The summed E-state index contributed by atoms with van der Waals surface area (Å²) in [4.78, 5) is 31.2. The van der Waals surface area contributed by atoms with Gasteiger partial charge in [0.1, 0.15) is 29.2 Å². The number of benzene rings is 1. The van der Waals surface area contributed by atoms with Gasteiger partial charge in [0.25, 0.3) is 5.92 Å². The number of hydrogen-bond donors (Lipinski definition) is 1. The molecule has 12 nitrogen and oxygen atoms in total. The summed E-state index contributed by atoms with van der Waals surface area (Å²) < 4.78 is 73.3. The molecule has 3 aromatic rings. The van der Waals surface area contributed by atoms with Crippen molar-refractivity contribution in [3.05, 3.63) is 48.2 Å². The molecule has 1 N–H and O–H groups in total. The topological polar surface area (TPSA) is 129 Å². The molecule has 1 amide bonds. The van der Waals surface area contributed by atoms with E-state index in [4.69, 9.17) is 14.2 Å². The van der Waals surface area contributed by atoms with E-state index in [0.29, 0.717) is 29.0 Å². The van der Waals surface area contributed by atoms with Crippen molar-refractivity contribution in [2.75, 3.05) is 69.8 Å². The summed E-state index contributed by atoms with van der Waals surface area (Å²) >= 11 is 0. The van der Waals surface area contributed by atoms with Gasteiger partial charge in [0.15, 0.2) is 6.10 Å². The quantitative estimate of drug-likeness (QED) is 0.330. The van der Waals surface area contributed by atoms with Crippen molar-refractivity contribution in [2.45, 2.75) is 36.8 Å². The lowest BCUT2D eigenvalue weighted by Gasteiger charge is -2.43. The van der Waals surface area contributed by atoms with Crippen LogP contribution in [0.15, 0.2) is 42.6 Å².